The summed E-state index contributed by atoms with van der Waals surface area (Å²) in [4.78, 5) is 14.5. The summed E-state index contributed by atoms with van der Waals surface area (Å²) in [5.41, 5.74) is 5.50. The summed E-state index contributed by atoms with van der Waals surface area (Å²) in [7, 11) is 3.91. The number of carbonyl (C=O) groups excluding carboxylic acids is 1. The molecule has 4 heteroatoms. The molecule has 5 heterocycles. The molecule has 5 atom stereocenters. The average Bonchev–Trinajstić information content (AvgIpc) is 2.94. The highest BCUT2D eigenvalue weighted by Gasteiger charge is 2.53. The Balaban J connectivity index is 1.74. The SMILES string of the molecule is C/C=C1/CN2[C@H]3C[C@H]1[C@@H](C=O)[C@@H]2Cc1c3n(C)c2c(OC)cccc12. The molecule has 1 unspecified atom stereocenters. The number of rotatable bonds is 2. The summed E-state index contributed by atoms with van der Waals surface area (Å²) in [6.07, 6.45) is 5.47. The number of piperidine rings is 3. The van der Waals surface area contributed by atoms with Gasteiger partial charge < -0.3 is 14.1 Å². The number of carbonyl (C=O) groups is 1. The molecule has 1 aromatic heterocycles. The maximum absolute atomic E-state index is 11.9. The van der Waals surface area contributed by atoms with Crippen LogP contribution in [0, 0.1) is 11.8 Å². The van der Waals surface area contributed by atoms with Crippen LogP contribution in [0.2, 0.25) is 0 Å². The molecule has 25 heavy (non-hydrogen) atoms. The number of hydrogen-bond donors (Lipinski definition) is 0. The van der Waals surface area contributed by atoms with E-state index in [9.17, 15) is 4.79 Å². The molecule has 4 aliphatic rings. The van der Waals surface area contributed by atoms with Crippen molar-refractivity contribution in [3.05, 3.63) is 41.1 Å². The number of ether oxygens (including phenoxy) is 1. The Kier molecular flexibility index (Phi) is 3.17. The summed E-state index contributed by atoms with van der Waals surface area (Å²) in [6, 6.07) is 7.08. The number of methoxy groups -OCH3 is 1. The highest BCUT2D eigenvalue weighted by Crippen LogP contribution is 2.54. The first-order valence-corrected chi connectivity index (χ1v) is 9.19. The lowest BCUT2D eigenvalue weighted by Crippen LogP contribution is -2.60. The first-order chi connectivity index (χ1) is 12.2. The molecule has 130 valence electrons. The zero-order chi connectivity index (χ0) is 17.3. The van der Waals surface area contributed by atoms with Gasteiger partial charge in [0, 0.05) is 36.6 Å². The number of fused-ring (bicyclic) bond motifs is 4. The van der Waals surface area contributed by atoms with E-state index in [0.717, 1.165) is 25.1 Å². The zero-order valence-electron chi connectivity index (χ0n) is 15.0. The fourth-order valence-electron chi connectivity index (χ4n) is 5.81. The highest BCUT2D eigenvalue weighted by atomic mass is 16.5. The highest BCUT2D eigenvalue weighted by molar-refractivity contribution is 5.91. The van der Waals surface area contributed by atoms with Crippen molar-refractivity contribution in [2.75, 3.05) is 13.7 Å². The topological polar surface area (TPSA) is 34.5 Å². The zero-order valence-corrected chi connectivity index (χ0v) is 15.0. The van der Waals surface area contributed by atoms with Crippen molar-refractivity contribution in [2.24, 2.45) is 18.9 Å². The minimum atomic E-state index is 0.130. The number of hydrogen-bond acceptors (Lipinski definition) is 3. The first-order valence-electron chi connectivity index (χ1n) is 9.19. The molecule has 0 N–H and O–H groups in total. The van der Waals surface area contributed by atoms with Gasteiger partial charge in [0.15, 0.2) is 0 Å². The third-order valence-corrected chi connectivity index (χ3v) is 6.86. The Morgan fingerprint density at radius 1 is 1.32 bits per heavy atom. The molecule has 6 rings (SSSR count). The van der Waals surface area contributed by atoms with Crippen molar-refractivity contribution in [2.45, 2.75) is 31.8 Å². The lowest BCUT2D eigenvalue weighted by atomic mass is 9.64. The molecule has 0 amide bonds. The van der Waals surface area contributed by atoms with E-state index in [2.05, 4.69) is 41.6 Å². The number of allylic oxidation sites excluding steroid dienone is 1. The average molecular weight is 336 g/mol. The molecular weight excluding hydrogens is 312 g/mol. The van der Waals surface area contributed by atoms with E-state index in [0.29, 0.717) is 18.0 Å². The monoisotopic (exact) mass is 336 g/mol. The van der Waals surface area contributed by atoms with Gasteiger partial charge >= 0.3 is 0 Å². The van der Waals surface area contributed by atoms with E-state index in [1.165, 1.54) is 34.0 Å². The molecule has 3 saturated heterocycles. The molecular formula is C21H24N2O2. The molecule has 0 aliphatic carbocycles. The fourth-order valence-corrected chi connectivity index (χ4v) is 5.81. The summed E-state index contributed by atoms with van der Waals surface area (Å²) in [5, 5.41) is 1.29. The molecule has 3 fully saturated rings. The maximum Gasteiger partial charge on any atom is 0.143 e. The summed E-state index contributed by atoms with van der Waals surface area (Å²) < 4.78 is 7.98. The Morgan fingerprint density at radius 3 is 2.88 bits per heavy atom. The maximum atomic E-state index is 11.9. The van der Waals surface area contributed by atoms with Crippen LogP contribution in [-0.2, 0) is 18.3 Å². The van der Waals surface area contributed by atoms with Gasteiger partial charge in [0.1, 0.15) is 12.0 Å². The van der Waals surface area contributed by atoms with Gasteiger partial charge in [-0.15, -0.1) is 0 Å². The molecule has 4 aliphatic heterocycles. The molecule has 0 spiro atoms. The standard InChI is InChI=1S/C21H24N2O2/c1-4-12-10-23-17-9-15-13-6-5-7-19(25-3)21(13)22(2)20(15)18(23)8-14(12)16(17)11-24/h4-7,11,14,16-18H,8-10H2,1-3H3/b12-4-/t14-,16-,17+,18+/m1/s1. The largest absolute Gasteiger partial charge is 0.495 e. The molecule has 0 saturated carbocycles. The van der Waals surface area contributed by atoms with E-state index in [1.54, 1.807) is 7.11 Å². The minimum Gasteiger partial charge on any atom is -0.495 e. The number of nitrogens with zero attached hydrogens (tertiary/aromatic N) is 2. The van der Waals surface area contributed by atoms with Gasteiger partial charge in [0.25, 0.3) is 0 Å². The van der Waals surface area contributed by atoms with E-state index in [-0.39, 0.29) is 5.92 Å². The van der Waals surface area contributed by atoms with Crippen LogP contribution in [0.1, 0.15) is 30.6 Å². The summed E-state index contributed by atoms with van der Waals surface area (Å²) >= 11 is 0. The van der Waals surface area contributed by atoms with Gasteiger partial charge in [-0.1, -0.05) is 23.8 Å². The van der Waals surface area contributed by atoms with Gasteiger partial charge in [0.05, 0.1) is 18.7 Å². The predicted octanol–water partition coefficient (Wildman–Crippen LogP) is 3.25. The van der Waals surface area contributed by atoms with Crippen LogP contribution in [-0.4, -0.2) is 35.4 Å². The third kappa shape index (κ3) is 1.78. The Bertz CT molecular complexity index is 910. The second-order valence-electron chi connectivity index (χ2n) is 7.66. The fraction of sp³-hybridized carbons (Fsp3) is 0.476. The van der Waals surface area contributed by atoms with Crippen molar-refractivity contribution in [3.63, 3.8) is 0 Å². The van der Waals surface area contributed by atoms with E-state index >= 15 is 0 Å². The number of benzene rings is 1. The van der Waals surface area contributed by atoms with E-state index < -0.39 is 0 Å². The van der Waals surface area contributed by atoms with Gasteiger partial charge in [-0.2, -0.15) is 0 Å². The van der Waals surface area contributed by atoms with Crippen LogP contribution < -0.4 is 4.74 Å². The van der Waals surface area contributed by atoms with Gasteiger partial charge in [-0.05, 0) is 37.3 Å². The van der Waals surface area contributed by atoms with Crippen molar-refractivity contribution in [3.8, 4) is 5.75 Å². The molecule has 1 aromatic carbocycles. The molecule has 2 aromatic rings. The Morgan fingerprint density at radius 2 is 2.16 bits per heavy atom. The third-order valence-electron chi connectivity index (χ3n) is 6.86. The summed E-state index contributed by atoms with van der Waals surface area (Å²) in [5.74, 6) is 1.48. The summed E-state index contributed by atoms with van der Waals surface area (Å²) in [6.45, 7) is 3.13. The second-order valence-corrected chi connectivity index (χ2v) is 7.66. The van der Waals surface area contributed by atoms with Crippen molar-refractivity contribution >= 4 is 17.2 Å². The molecule has 4 nitrogen and oxygen atoms in total. The number of aromatic nitrogens is 1. The Labute approximate surface area is 148 Å². The van der Waals surface area contributed by atoms with Gasteiger partial charge in [0.2, 0.25) is 0 Å². The number of aldehydes is 1. The minimum absolute atomic E-state index is 0.130. The van der Waals surface area contributed by atoms with Crippen LogP contribution in [0.25, 0.3) is 10.9 Å². The smallest absolute Gasteiger partial charge is 0.143 e. The predicted molar refractivity (Wildman–Crippen MR) is 97.8 cm³/mol. The number of para-hydroxylation sites is 1. The Hall–Kier alpha value is -2.07. The second kappa shape index (κ2) is 5.21. The van der Waals surface area contributed by atoms with Crippen LogP contribution in [0.3, 0.4) is 0 Å². The van der Waals surface area contributed by atoms with Crippen molar-refractivity contribution in [1.82, 2.24) is 9.47 Å². The number of aryl methyl sites for hydroxylation is 1. The van der Waals surface area contributed by atoms with Gasteiger partial charge in [-0.3, -0.25) is 4.90 Å². The van der Waals surface area contributed by atoms with Crippen LogP contribution in [0.15, 0.2) is 29.8 Å². The molecule has 4 bridgehead atoms. The van der Waals surface area contributed by atoms with E-state index in [1.807, 2.05) is 6.07 Å². The van der Waals surface area contributed by atoms with Crippen molar-refractivity contribution < 1.29 is 9.53 Å². The quantitative estimate of drug-likeness (QED) is 0.624. The normalized spacial score (nSPS) is 34.4. The van der Waals surface area contributed by atoms with Gasteiger partial charge in [-0.25, -0.2) is 0 Å². The lowest BCUT2D eigenvalue weighted by molar-refractivity contribution is -0.121. The van der Waals surface area contributed by atoms with E-state index in [4.69, 9.17) is 4.74 Å². The van der Waals surface area contributed by atoms with Crippen LogP contribution in [0.4, 0.5) is 0 Å². The molecule has 0 radical (unpaired) electrons. The lowest BCUT2D eigenvalue weighted by Gasteiger charge is -2.57. The van der Waals surface area contributed by atoms with Crippen LogP contribution >= 0.6 is 0 Å². The first kappa shape index (κ1) is 15.2. The van der Waals surface area contributed by atoms with Crippen molar-refractivity contribution in [1.29, 1.82) is 0 Å². The van der Waals surface area contributed by atoms with Crippen LogP contribution in [0.5, 0.6) is 5.75 Å².